The molecule has 0 radical (unpaired) electrons. The molecule has 1 atom stereocenters. The van der Waals surface area contributed by atoms with Gasteiger partial charge in [0.15, 0.2) is 5.78 Å². The van der Waals surface area contributed by atoms with Gasteiger partial charge >= 0.3 is 0 Å². The van der Waals surface area contributed by atoms with E-state index in [0.29, 0.717) is 12.1 Å². The second-order valence-electron chi connectivity index (χ2n) is 4.24. The Morgan fingerprint density at radius 1 is 1.44 bits per heavy atom. The van der Waals surface area contributed by atoms with E-state index in [1.54, 1.807) is 11.9 Å². The number of benzene rings is 1. The lowest BCUT2D eigenvalue weighted by Gasteiger charge is -2.19. The van der Waals surface area contributed by atoms with Crippen LogP contribution in [0.25, 0.3) is 0 Å². The summed E-state index contributed by atoms with van der Waals surface area (Å²) in [7, 11) is 3.24. The molecule has 0 saturated carbocycles. The highest BCUT2D eigenvalue weighted by molar-refractivity contribution is 5.97. The summed E-state index contributed by atoms with van der Waals surface area (Å²) in [4.78, 5) is 13.5. The third-order valence-electron chi connectivity index (χ3n) is 2.46. The maximum absolute atomic E-state index is 12.7. The molecule has 1 unspecified atom stereocenters. The van der Waals surface area contributed by atoms with Gasteiger partial charge in [0.05, 0.1) is 19.3 Å². The predicted octanol–water partition coefficient (Wildman–Crippen LogP) is 0.947. The number of rotatable bonds is 7. The van der Waals surface area contributed by atoms with Crippen molar-refractivity contribution in [2.24, 2.45) is 0 Å². The van der Waals surface area contributed by atoms with Crippen molar-refractivity contribution in [1.82, 2.24) is 4.90 Å². The number of hydrogen-bond acceptors (Lipinski definition) is 4. The summed E-state index contributed by atoms with van der Waals surface area (Å²) in [5.74, 6) is -0.475. The Hall–Kier alpha value is -1.30. The normalized spacial score (nSPS) is 12.7. The summed E-state index contributed by atoms with van der Waals surface area (Å²) in [6, 6.07) is 5.42. The summed E-state index contributed by atoms with van der Waals surface area (Å²) < 4.78 is 17.5. The maximum atomic E-state index is 12.7. The zero-order chi connectivity index (χ0) is 13.5. The molecule has 0 aliphatic carbocycles. The largest absolute Gasteiger partial charge is 0.389 e. The number of nitrogens with zero attached hydrogens (tertiary/aromatic N) is 1. The van der Waals surface area contributed by atoms with Gasteiger partial charge in [0.1, 0.15) is 5.82 Å². The van der Waals surface area contributed by atoms with Crippen LogP contribution in [-0.2, 0) is 4.74 Å². The molecule has 0 bridgehead atoms. The van der Waals surface area contributed by atoms with Gasteiger partial charge in [-0.05, 0) is 31.3 Å². The Morgan fingerprint density at radius 2 is 2.06 bits per heavy atom. The second-order valence-corrected chi connectivity index (χ2v) is 4.24. The molecule has 0 spiro atoms. The molecule has 0 saturated heterocycles. The first kappa shape index (κ1) is 14.8. The van der Waals surface area contributed by atoms with Gasteiger partial charge in [-0.1, -0.05) is 0 Å². The first-order chi connectivity index (χ1) is 8.52. The molecule has 18 heavy (non-hydrogen) atoms. The lowest BCUT2D eigenvalue weighted by Crippen LogP contribution is -2.35. The molecule has 4 nitrogen and oxygen atoms in total. The molecule has 0 aliphatic heterocycles. The molecule has 0 heterocycles. The zero-order valence-corrected chi connectivity index (χ0v) is 10.6. The van der Waals surface area contributed by atoms with Crippen LogP contribution in [0.4, 0.5) is 4.39 Å². The molecular formula is C13H18FNO3. The molecule has 5 heteroatoms. The molecule has 1 rings (SSSR count). The van der Waals surface area contributed by atoms with Gasteiger partial charge in [0, 0.05) is 19.2 Å². The highest BCUT2D eigenvalue weighted by Crippen LogP contribution is 2.04. The van der Waals surface area contributed by atoms with E-state index >= 15 is 0 Å². The number of aliphatic hydroxyl groups excluding tert-OH is 1. The fourth-order valence-corrected chi connectivity index (χ4v) is 1.64. The fourth-order valence-electron chi connectivity index (χ4n) is 1.64. The highest BCUT2D eigenvalue weighted by atomic mass is 19.1. The van der Waals surface area contributed by atoms with Crippen LogP contribution in [-0.4, -0.2) is 55.7 Å². The van der Waals surface area contributed by atoms with Crippen molar-refractivity contribution >= 4 is 5.78 Å². The van der Waals surface area contributed by atoms with E-state index in [4.69, 9.17) is 4.74 Å². The van der Waals surface area contributed by atoms with Gasteiger partial charge in [0.25, 0.3) is 0 Å². The number of carbonyl (C=O) groups is 1. The number of halogens is 1. The summed E-state index contributed by atoms with van der Waals surface area (Å²) in [6.45, 7) is 0.752. The predicted molar refractivity (Wildman–Crippen MR) is 66.1 cm³/mol. The van der Waals surface area contributed by atoms with E-state index in [-0.39, 0.29) is 24.8 Å². The van der Waals surface area contributed by atoms with E-state index in [1.165, 1.54) is 31.4 Å². The number of Topliss-reactive ketones (excluding diaryl/α,β-unsaturated/α-hetero) is 1. The molecule has 100 valence electrons. The van der Waals surface area contributed by atoms with Crippen molar-refractivity contribution < 1.29 is 19.0 Å². The molecule has 0 amide bonds. The zero-order valence-electron chi connectivity index (χ0n) is 10.6. The average Bonchev–Trinajstić information content (AvgIpc) is 2.29. The van der Waals surface area contributed by atoms with Crippen molar-refractivity contribution in [3.63, 3.8) is 0 Å². The van der Waals surface area contributed by atoms with Crippen LogP contribution < -0.4 is 0 Å². The van der Waals surface area contributed by atoms with Crippen LogP contribution >= 0.6 is 0 Å². The van der Waals surface area contributed by atoms with Gasteiger partial charge in [-0.25, -0.2) is 4.39 Å². The topological polar surface area (TPSA) is 49.8 Å². The summed E-state index contributed by atoms with van der Waals surface area (Å²) in [5, 5.41) is 9.51. The average molecular weight is 255 g/mol. The van der Waals surface area contributed by atoms with E-state index < -0.39 is 6.10 Å². The minimum atomic E-state index is -0.624. The summed E-state index contributed by atoms with van der Waals surface area (Å²) >= 11 is 0. The number of methoxy groups -OCH3 is 1. The number of ketones is 1. The van der Waals surface area contributed by atoms with Gasteiger partial charge in [0.2, 0.25) is 0 Å². The number of likely N-dealkylation sites (N-methyl/N-ethyl adjacent to an activating group) is 1. The van der Waals surface area contributed by atoms with Crippen molar-refractivity contribution in [3.8, 4) is 0 Å². The van der Waals surface area contributed by atoms with Crippen molar-refractivity contribution in [2.75, 3.05) is 33.9 Å². The number of aliphatic hydroxyl groups is 1. The van der Waals surface area contributed by atoms with Crippen LogP contribution in [0.5, 0.6) is 0 Å². The molecular weight excluding hydrogens is 237 g/mol. The van der Waals surface area contributed by atoms with Gasteiger partial charge < -0.3 is 9.84 Å². The van der Waals surface area contributed by atoms with Crippen molar-refractivity contribution in [1.29, 1.82) is 0 Å². The number of ether oxygens (including phenoxy) is 1. The molecule has 0 aromatic heterocycles. The van der Waals surface area contributed by atoms with E-state index in [9.17, 15) is 14.3 Å². The van der Waals surface area contributed by atoms with E-state index in [1.807, 2.05) is 0 Å². The first-order valence-electron chi connectivity index (χ1n) is 5.67. The van der Waals surface area contributed by atoms with Gasteiger partial charge in [-0.3, -0.25) is 9.69 Å². The second kappa shape index (κ2) is 7.20. The number of hydrogen-bond donors (Lipinski definition) is 1. The minimum absolute atomic E-state index is 0.109. The molecule has 1 N–H and O–H groups in total. The lowest BCUT2D eigenvalue weighted by molar-refractivity contribution is 0.0427. The van der Waals surface area contributed by atoms with Crippen molar-refractivity contribution in [3.05, 3.63) is 35.6 Å². The standard InChI is InChI=1S/C13H18FNO3/c1-15(7-12(16)9-18-2)8-13(17)10-3-5-11(14)6-4-10/h3-6,12,16H,7-9H2,1-2H3. The maximum Gasteiger partial charge on any atom is 0.176 e. The Bertz CT molecular complexity index is 380. The van der Waals surface area contributed by atoms with Crippen LogP contribution in [0.3, 0.4) is 0 Å². The van der Waals surface area contributed by atoms with Gasteiger partial charge in [-0.2, -0.15) is 0 Å². The Balaban J connectivity index is 2.46. The van der Waals surface area contributed by atoms with Crippen LogP contribution in [0.2, 0.25) is 0 Å². The Kier molecular flexibility index (Phi) is 5.91. The Morgan fingerprint density at radius 3 is 2.61 bits per heavy atom. The quantitative estimate of drug-likeness (QED) is 0.737. The minimum Gasteiger partial charge on any atom is -0.389 e. The third-order valence-corrected chi connectivity index (χ3v) is 2.46. The smallest absolute Gasteiger partial charge is 0.176 e. The SMILES string of the molecule is COCC(O)CN(C)CC(=O)c1ccc(F)cc1. The van der Waals surface area contributed by atoms with Crippen LogP contribution in [0.15, 0.2) is 24.3 Å². The molecule has 0 aliphatic rings. The molecule has 0 fully saturated rings. The Labute approximate surface area is 106 Å². The van der Waals surface area contributed by atoms with E-state index in [2.05, 4.69) is 0 Å². The van der Waals surface area contributed by atoms with Crippen LogP contribution in [0, 0.1) is 5.82 Å². The summed E-state index contributed by atoms with van der Waals surface area (Å²) in [5.41, 5.74) is 0.462. The lowest BCUT2D eigenvalue weighted by atomic mass is 10.1. The number of carbonyl (C=O) groups excluding carboxylic acids is 1. The van der Waals surface area contributed by atoms with E-state index in [0.717, 1.165) is 0 Å². The fraction of sp³-hybridized carbons (Fsp3) is 0.462. The molecule has 1 aromatic rings. The first-order valence-corrected chi connectivity index (χ1v) is 5.67. The van der Waals surface area contributed by atoms with Crippen LogP contribution in [0.1, 0.15) is 10.4 Å². The monoisotopic (exact) mass is 255 g/mol. The third kappa shape index (κ3) is 4.91. The van der Waals surface area contributed by atoms with Gasteiger partial charge in [-0.15, -0.1) is 0 Å². The van der Waals surface area contributed by atoms with Crippen molar-refractivity contribution in [2.45, 2.75) is 6.10 Å². The highest BCUT2D eigenvalue weighted by Gasteiger charge is 2.12. The molecule has 1 aromatic carbocycles. The summed E-state index contributed by atoms with van der Waals surface area (Å²) in [6.07, 6.45) is -0.624.